The number of rotatable bonds is 5. The molecular weight excluding hydrogens is 265 g/mol. The number of likely N-dealkylation sites (N-methyl/N-ethyl adjacent to an activating group) is 1. The van der Waals surface area contributed by atoms with Crippen LogP contribution < -0.4 is 5.32 Å². The number of benzene rings is 1. The van der Waals surface area contributed by atoms with E-state index in [-0.39, 0.29) is 16.9 Å². The van der Waals surface area contributed by atoms with E-state index in [0.717, 1.165) is 17.8 Å². The van der Waals surface area contributed by atoms with E-state index in [1.807, 2.05) is 30.8 Å². The molecule has 0 saturated heterocycles. The molecule has 0 radical (unpaired) electrons. The molecule has 0 spiro atoms. The Morgan fingerprint density at radius 1 is 1.47 bits per heavy atom. The van der Waals surface area contributed by atoms with Crippen molar-refractivity contribution < 1.29 is 4.39 Å². The lowest BCUT2D eigenvalue weighted by Gasteiger charge is -2.19. The van der Waals surface area contributed by atoms with Crippen LogP contribution in [0.15, 0.2) is 30.7 Å². The van der Waals surface area contributed by atoms with Crippen LogP contribution in [-0.4, -0.2) is 16.1 Å². The maximum absolute atomic E-state index is 13.5. The van der Waals surface area contributed by atoms with Crippen molar-refractivity contribution in [2.75, 3.05) is 6.54 Å². The summed E-state index contributed by atoms with van der Waals surface area (Å²) in [6, 6.07) is 4.98. The molecule has 2 aromatic rings. The smallest absolute Gasteiger partial charge is 0.142 e. The lowest BCUT2D eigenvalue weighted by Crippen LogP contribution is -2.25. The summed E-state index contributed by atoms with van der Waals surface area (Å²) >= 11 is 6.01. The number of nitrogens with one attached hydrogen (secondary N) is 1. The standard InChI is InChI=1S/C14H17ClFN3/c1-3-18-12(13-8-17-9-19(13)2)7-10-5-4-6-11(16)14(10)15/h4-6,8-9,12,18H,3,7H2,1-2H3. The number of aryl methyl sites for hydroxylation is 1. The Hall–Kier alpha value is -1.39. The third-order valence-corrected chi connectivity index (χ3v) is 3.54. The third kappa shape index (κ3) is 3.14. The zero-order valence-corrected chi connectivity index (χ0v) is 11.8. The van der Waals surface area contributed by atoms with Crippen molar-refractivity contribution in [1.82, 2.24) is 14.9 Å². The minimum absolute atomic E-state index is 0.0665. The van der Waals surface area contributed by atoms with Crippen molar-refractivity contribution in [2.45, 2.75) is 19.4 Å². The Labute approximate surface area is 117 Å². The quantitative estimate of drug-likeness (QED) is 0.913. The van der Waals surface area contributed by atoms with E-state index in [2.05, 4.69) is 10.3 Å². The first-order valence-corrected chi connectivity index (χ1v) is 6.63. The fraction of sp³-hybridized carbons (Fsp3) is 0.357. The summed E-state index contributed by atoms with van der Waals surface area (Å²) < 4.78 is 15.4. The summed E-state index contributed by atoms with van der Waals surface area (Å²) in [6.45, 7) is 2.86. The highest BCUT2D eigenvalue weighted by Gasteiger charge is 2.17. The normalized spacial score (nSPS) is 12.6. The van der Waals surface area contributed by atoms with Gasteiger partial charge in [0, 0.05) is 13.2 Å². The molecule has 0 aliphatic heterocycles. The molecule has 3 nitrogen and oxygen atoms in total. The summed E-state index contributed by atoms with van der Waals surface area (Å²) in [4.78, 5) is 4.12. The van der Waals surface area contributed by atoms with Crippen LogP contribution in [0.5, 0.6) is 0 Å². The van der Waals surface area contributed by atoms with E-state index in [1.54, 1.807) is 12.4 Å². The van der Waals surface area contributed by atoms with Gasteiger partial charge in [-0.05, 0) is 24.6 Å². The highest BCUT2D eigenvalue weighted by atomic mass is 35.5. The van der Waals surface area contributed by atoms with E-state index < -0.39 is 0 Å². The van der Waals surface area contributed by atoms with Gasteiger partial charge in [0.15, 0.2) is 0 Å². The number of halogens is 2. The van der Waals surface area contributed by atoms with E-state index >= 15 is 0 Å². The number of nitrogens with zero attached hydrogens (tertiary/aromatic N) is 2. The minimum Gasteiger partial charge on any atom is -0.336 e. The first-order valence-electron chi connectivity index (χ1n) is 6.26. The topological polar surface area (TPSA) is 29.9 Å². The molecule has 1 aromatic heterocycles. The van der Waals surface area contributed by atoms with Crippen molar-refractivity contribution in [3.8, 4) is 0 Å². The molecular formula is C14H17ClFN3. The molecule has 0 aliphatic carbocycles. The van der Waals surface area contributed by atoms with Crippen molar-refractivity contribution in [2.24, 2.45) is 7.05 Å². The van der Waals surface area contributed by atoms with E-state index in [4.69, 9.17) is 11.6 Å². The molecule has 1 atom stereocenters. The molecule has 19 heavy (non-hydrogen) atoms. The minimum atomic E-state index is -0.376. The van der Waals surface area contributed by atoms with Gasteiger partial charge in [0.25, 0.3) is 0 Å². The summed E-state index contributed by atoms with van der Waals surface area (Å²) in [6.07, 6.45) is 4.21. The third-order valence-electron chi connectivity index (χ3n) is 3.12. The molecule has 0 aliphatic rings. The lowest BCUT2D eigenvalue weighted by molar-refractivity contribution is 0.519. The first-order chi connectivity index (χ1) is 9.13. The average Bonchev–Trinajstić information content (AvgIpc) is 2.80. The Morgan fingerprint density at radius 3 is 2.89 bits per heavy atom. The van der Waals surface area contributed by atoms with Gasteiger partial charge in [0.1, 0.15) is 5.82 Å². The molecule has 0 amide bonds. The van der Waals surface area contributed by atoms with Gasteiger partial charge in [-0.1, -0.05) is 30.7 Å². The van der Waals surface area contributed by atoms with Gasteiger partial charge < -0.3 is 9.88 Å². The van der Waals surface area contributed by atoms with Crippen LogP contribution in [0.1, 0.15) is 24.2 Å². The molecule has 2 rings (SSSR count). The van der Waals surface area contributed by atoms with Crippen molar-refractivity contribution in [3.05, 3.63) is 52.8 Å². The monoisotopic (exact) mass is 281 g/mol. The van der Waals surface area contributed by atoms with Gasteiger partial charge in [0.2, 0.25) is 0 Å². The van der Waals surface area contributed by atoms with Gasteiger partial charge in [-0.2, -0.15) is 0 Å². The summed E-state index contributed by atoms with van der Waals surface area (Å²) in [5.41, 5.74) is 1.86. The van der Waals surface area contributed by atoms with Crippen LogP contribution in [-0.2, 0) is 13.5 Å². The number of hydrogen-bond acceptors (Lipinski definition) is 2. The zero-order valence-electron chi connectivity index (χ0n) is 11.0. The molecule has 5 heteroatoms. The Bertz CT molecular complexity index is 553. The van der Waals surface area contributed by atoms with E-state index in [9.17, 15) is 4.39 Å². The highest BCUT2D eigenvalue weighted by Crippen LogP contribution is 2.25. The highest BCUT2D eigenvalue weighted by molar-refractivity contribution is 6.31. The zero-order chi connectivity index (χ0) is 13.8. The van der Waals surface area contributed by atoms with Crippen molar-refractivity contribution in [1.29, 1.82) is 0 Å². The fourth-order valence-corrected chi connectivity index (χ4v) is 2.36. The van der Waals surface area contributed by atoms with Crippen LogP contribution in [0.2, 0.25) is 5.02 Å². The molecule has 1 N–H and O–H groups in total. The number of hydrogen-bond donors (Lipinski definition) is 1. The Kier molecular flexibility index (Phi) is 4.56. The predicted octanol–water partition coefficient (Wildman–Crippen LogP) is 3.11. The van der Waals surface area contributed by atoms with Gasteiger partial charge in [-0.3, -0.25) is 0 Å². The first kappa shape index (κ1) is 14.0. The van der Waals surface area contributed by atoms with Gasteiger partial charge >= 0.3 is 0 Å². The maximum Gasteiger partial charge on any atom is 0.142 e. The molecule has 1 aromatic carbocycles. The molecule has 0 fully saturated rings. The summed E-state index contributed by atoms with van der Waals surface area (Å²) in [5.74, 6) is -0.376. The largest absolute Gasteiger partial charge is 0.336 e. The average molecular weight is 282 g/mol. The van der Waals surface area contributed by atoms with Gasteiger partial charge in [0.05, 0.1) is 23.1 Å². The van der Waals surface area contributed by atoms with Crippen LogP contribution in [0.3, 0.4) is 0 Å². The van der Waals surface area contributed by atoms with E-state index in [1.165, 1.54) is 6.07 Å². The van der Waals surface area contributed by atoms with Gasteiger partial charge in [-0.25, -0.2) is 9.37 Å². The molecule has 0 saturated carbocycles. The Balaban J connectivity index is 2.27. The van der Waals surface area contributed by atoms with Crippen LogP contribution >= 0.6 is 11.6 Å². The van der Waals surface area contributed by atoms with Crippen LogP contribution in [0.4, 0.5) is 4.39 Å². The molecule has 0 bridgehead atoms. The molecule has 102 valence electrons. The lowest BCUT2D eigenvalue weighted by atomic mass is 10.0. The van der Waals surface area contributed by atoms with Crippen molar-refractivity contribution >= 4 is 11.6 Å². The number of aromatic nitrogens is 2. The molecule has 1 heterocycles. The summed E-state index contributed by atoms with van der Waals surface area (Å²) in [7, 11) is 1.94. The summed E-state index contributed by atoms with van der Waals surface area (Å²) in [5, 5.41) is 3.58. The van der Waals surface area contributed by atoms with E-state index in [0.29, 0.717) is 6.42 Å². The number of imidazole rings is 1. The van der Waals surface area contributed by atoms with Gasteiger partial charge in [-0.15, -0.1) is 0 Å². The van der Waals surface area contributed by atoms with Crippen LogP contribution in [0, 0.1) is 5.82 Å². The van der Waals surface area contributed by atoms with Crippen molar-refractivity contribution in [3.63, 3.8) is 0 Å². The SMILES string of the molecule is CCNC(Cc1cccc(F)c1Cl)c1cncn1C. The second-order valence-electron chi connectivity index (χ2n) is 4.46. The second kappa shape index (κ2) is 6.17. The predicted molar refractivity (Wildman–Crippen MR) is 74.7 cm³/mol. The molecule has 1 unspecified atom stereocenters. The Morgan fingerprint density at radius 2 is 2.26 bits per heavy atom. The maximum atomic E-state index is 13.5. The van der Waals surface area contributed by atoms with Crippen LogP contribution in [0.25, 0.3) is 0 Å². The second-order valence-corrected chi connectivity index (χ2v) is 4.83. The fourth-order valence-electron chi connectivity index (χ4n) is 2.16.